The minimum Gasteiger partial charge on any atom is -0.494 e. The van der Waals surface area contributed by atoms with Crippen LogP contribution >= 0.6 is 11.6 Å². The van der Waals surface area contributed by atoms with Crippen molar-refractivity contribution in [1.29, 1.82) is 0 Å². The third-order valence-electron chi connectivity index (χ3n) is 4.25. The second-order valence-electron chi connectivity index (χ2n) is 5.92. The molecular formula is C18H16ClFN2O3. The molecule has 0 aromatic heterocycles. The van der Waals surface area contributed by atoms with Gasteiger partial charge in [-0.25, -0.2) is 9.18 Å². The zero-order chi connectivity index (χ0) is 18.2. The minimum atomic E-state index is -1.19. The topological polar surface area (TPSA) is 58.6 Å². The van der Waals surface area contributed by atoms with Crippen LogP contribution in [-0.4, -0.2) is 23.9 Å². The number of nitrogens with one attached hydrogen (secondary N) is 1. The largest absolute Gasteiger partial charge is 0.494 e. The van der Waals surface area contributed by atoms with E-state index in [0.29, 0.717) is 16.1 Å². The molecule has 0 radical (unpaired) electrons. The molecule has 1 N–H and O–H groups in total. The summed E-state index contributed by atoms with van der Waals surface area (Å²) in [4.78, 5) is 26.2. The van der Waals surface area contributed by atoms with E-state index in [4.69, 9.17) is 16.3 Å². The monoisotopic (exact) mass is 362 g/mol. The van der Waals surface area contributed by atoms with Gasteiger partial charge in [-0.2, -0.15) is 0 Å². The Morgan fingerprint density at radius 1 is 1.20 bits per heavy atom. The van der Waals surface area contributed by atoms with Crippen LogP contribution in [0.25, 0.3) is 0 Å². The number of urea groups is 1. The first-order chi connectivity index (χ1) is 11.8. The molecular weight excluding hydrogens is 347 g/mol. The molecule has 1 aliphatic rings. The first kappa shape index (κ1) is 17.2. The Morgan fingerprint density at radius 2 is 1.88 bits per heavy atom. The lowest BCUT2D eigenvalue weighted by Crippen LogP contribution is -2.40. The fourth-order valence-corrected chi connectivity index (χ4v) is 2.94. The van der Waals surface area contributed by atoms with Gasteiger partial charge >= 0.3 is 6.03 Å². The normalized spacial score (nSPS) is 19.9. The highest BCUT2D eigenvalue weighted by Gasteiger charge is 2.48. The van der Waals surface area contributed by atoms with E-state index in [1.54, 1.807) is 37.3 Å². The molecule has 1 aliphatic heterocycles. The van der Waals surface area contributed by atoms with Crippen molar-refractivity contribution >= 4 is 23.5 Å². The van der Waals surface area contributed by atoms with Gasteiger partial charge in [0.2, 0.25) is 0 Å². The number of methoxy groups -OCH3 is 1. The van der Waals surface area contributed by atoms with E-state index in [0.717, 1.165) is 4.90 Å². The molecule has 3 amide bonds. The van der Waals surface area contributed by atoms with Crippen molar-refractivity contribution in [2.75, 3.05) is 7.11 Å². The second-order valence-corrected chi connectivity index (χ2v) is 6.36. The maximum atomic E-state index is 13.8. The maximum absolute atomic E-state index is 13.8. The van der Waals surface area contributed by atoms with Gasteiger partial charge in [0.1, 0.15) is 5.54 Å². The van der Waals surface area contributed by atoms with Gasteiger partial charge in [0.05, 0.1) is 13.7 Å². The number of hydrogen-bond donors (Lipinski definition) is 1. The van der Waals surface area contributed by atoms with Crippen molar-refractivity contribution in [3.05, 3.63) is 64.4 Å². The first-order valence-electron chi connectivity index (χ1n) is 7.57. The Hall–Kier alpha value is -2.60. The summed E-state index contributed by atoms with van der Waals surface area (Å²) in [7, 11) is 1.37. The van der Waals surface area contributed by atoms with Gasteiger partial charge in [0.15, 0.2) is 11.6 Å². The number of benzene rings is 2. The van der Waals surface area contributed by atoms with Crippen LogP contribution in [0.3, 0.4) is 0 Å². The number of amides is 3. The average Bonchev–Trinajstić information content (AvgIpc) is 2.80. The fourth-order valence-electron chi connectivity index (χ4n) is 2.81. The number of rotatable bonds is 4. The van der Waals surface area contributed by atoms with E-state index in [-0.39, 0.29) is 12.3 Å². The van der Waals surface area contributed by atoms with Crippen molar-refractivity contribution < 1.29 is 18.7 Å². The summed E-state index contributed by atoms with van der Waals surface area (Å²) in [5.74, 6) is -0.851. The highest BCUT2D eigenvalue weighted by Crippen LogP contribution is 2.31. The van der Waals surface area contributed by atoms with Crippen LogP contribution in [0.4, 0.5) is 9.18 Å². The summed E-state index contributed by atoms with van der Waals surface area (Å²) in [6, 6.07) is 10.5. The van der Waals surface area contributed by atoms with Crippen molar-refractivity contribution in [2.24, 2.45) is 0 Å². The highest BCUT2D eigenvalue weighted by atomic mass is 35.5. The number of hydrogen-bond acceptors (Lipinski definition) is 3. The van der Waals surface area contributed by atoms with Gasteiger partial charge in [-0.3, -0.25) is 9.69 Å². The van der Waals surface area contributed by atoms with Crippen LogP contribution in [0, 0.1) is 5.82 Å². The molecule has 0 spiro atoms. The molecule has 1 atom stereocenters. The van der Waals surface area contributed by atoms with E-state index < -0.39 is 23.3 Å². The van der Waals surface area contributed by atoms with Crippen molar-refractivity contribution in [3.8, 4) is 5.75 Å². The molecule has 1 fully saturated rings. The van der Waals surface area contributed by atoms with Gasteiger partial charge in [-0.1, -0.05) is 29.8 Å². The van der Waals surface area contributed by atoms with Crippen LogP contribution in [0.5, 0.6) is 5.75 Å². The second kappa shape index (κ2) is 6.37. The van der Waals surface area contributed by atoms with Gasteiger partial charge in [-0.05, 0) is 42.3 Å². The molecule has 2 aromatic carbocycles. The average molecular weight is 363 g/mol. The minimum absolute atomic E-state index is 0.0330. The predicted octanol–water partition coefficient (Wildman–Crippen LogP) is 3.45. The van der Waals surface area contributed by atoms with Gasteiger partial charge < -0.3 is 10.1 Å². The zero-order valence-electron chi connectivity index (χ0n) is 13.7. The van der Waals surface area contributed by atoms with Gasteiger partial charge in [0.25, 0.3) is 5.91 Å². The summed E-state index contributed by atoms with van der Waals surface area (Å²) >= 11 is 5.88. The standard InChI is InChI=1S/C18H16ClFN2O3/c1-18(12-4-6-13(19)7-5-12)16(23)22(17(24)21-18)10-11-3-8-15(25-2)14(20)9-11/h3-9H,10H2,1-2H3,(H,21,24)/t18-/m0/s1. The van der Waals surface area contributed by atoms with Crippen LogP contribution in [0.2, 0.25) is 5.02 Å². The summed E-state index contributed by atoms with van der Waals surface area (Å²) in [6.45, 7) is 1.60. The molecule has 5 nitrogen and oxygen atoms in total. The van der Waals surface area contributed by atoms with Crippen LogP contribution < -0.4 is 10.1 Å². The quantitative estimate of drug-likeness (QED) is 0.847. The van der Waals surface area contributed by atoms with Crippen molar-refractivity contribution in [1.82, 2.24) is 10.2 Å². The first-order valence-corrected chi connectivity index (χ1v) is 7.95. The Kier molecular flexibility index (Phi) is 4.39. The van der Waals surface area contributed by atoms with Gasteiger partial charge in [0, 0.05) is 5.02 Å². The molecule has 7 heteroatoms. The molecule has 0 aliphatic carbocycles. The summed E-state index contributed by atoms with van der Waals surface area (Å²) < 4.78 is 18.7. The lowest BCUT2D eigenvalue weighted by molar-refractivity contribution is -0.131. The molecule has 0 unspecified atom stereocenters. The highest BCUT2D eigenvalue weighted by molar-refractivity contribution is 6.30. The molecule has 1 heterocycles. The predicted molar refractivity (Wildman–Crippen MR) is 90.8 cm³/mol. The zero-order valence-corrected chi connectivity index (χ0v) is 14.4. The third-order valence-corrected chi connectivity index (χ3v) is 4.51. The van der Waals surface area contributed by atoms with Crippen LogP contribution in [-0.2, 0) is 16.9 Å². The Balaban J connectivity index is 1.86. The Labute approximate surface area is 149 Å². The van der Waals surface area contributed by atoms with E-state index in [1.165, 1.54) is 19.2 Å². The van der Waals surface area contributed by atoms with E-state index in [2.05, 4.69) is 5.32 Å². The SMILES string of the molecule is COc1ccc(CN2C(=O)N[C@@](C)(c3ccc(Cl)cc3)C2=O)cc1F. The fraction of sp³-hybridized carbons (Fsp3) is 0.222. The number of halogens is 2. The Bertz CT molecular complexity index is 841. The maximum Gasteiger partial charge on any atom is 0.325 e. The van der Waals surface area contributed by atoms with Crippen LogP contribution in [0.1, 0.15) is 18.1 Å². The number of carbonyl (C=O) groups excluding carboxylic acids is 2. The number of carbonyl (C=O) groups is 2. The van der Waals surface area contributed by atoms with E-state index in [1.807, 2.05) is 0 Å². The summed E-state index contributed by atoms with van der Waals surface area (Å²) in [6.07, 6.45) is 0. The van der Waals surface area contributed by atoms with E-state index in [9.17, 15) is 14.0 Å². The summed E-state index contributed by atoms with van der Waals surface area (Å²) in [5.41, 5.74) is -0.0759. The Morgan fingerprint density at radius 3 is 2.48 bits per heavy atom. The molecule has 3 rings (SSSR count). The number of imide groups is 1. The van der Waals surface area contributed by atoms with Crippen LogP contribution in [0.15, 0.2) is 42.5 Å². The molecule has 0 saturated carbocycles. The summed E-state index contributed by atoms with van der Waals surface area (Å²) in [5, 5.41) is 3.24. The van der Waals surface area contributed by atoms with Gasteiger partial charge in [-0.15, -0.1) is 0 Å². The number of ether oxygens (including phenoxy) is 1. The lowest BCUT2D eigenvalue weighted by atomic mass is 9.92. The number of nitrogens with zero attached hydrogens (tertiary/aromatic N) is 1. The molecule has 2 aromatic rings. The molecule has 130 valence electrons. The van der Waals surface area contributed by atoms with E-state index >= 15 is 0 Å². The third kappa shape index (κ3) is 3.05. The molecule has 0 bridgehead atoms. The smallest absolute Gasteiger partial charge is 0.325 e. The van der Waals surface area contributed by atoms with Crippen molar-refractivity contribution in [2.45, 2.75) is 19.0 Å². The molecule has 25 heavy (non-hydrogen) atoms. The lowest BCUT2D eigenvalue weighted by Gasteiger charge is -2.22. The molecule has 1 saturated heterocycles. The van der Waals surface area contributed by atoms with Crippen molar-refractivity contribution in [3.63, 3.8) is 0 Å².